The topological polar surface area (TPSA) is 43.0 Å². The van der Waals surface area contributed by atoms with E-state index in [4.69, 9.17) is 26.4 Å². The Bertz CT molecular complexity index is 968. The molecule has 1 atom stereocenters. The zero-order valence-electron chi connectivity index (χ0n) is 19.0. The lowest BCUT2D eigenvalue weighted by molar-refractivity contribution is -0.137. The number of unbranched alkanes of at least 4 members (excludes halogenated alkanes) is 1. The van der Waals surface area contributed by atoms with Crippen LogP contribution in [0.2, 0.25) is 0 Å². The molecule has 0 spiro atoms. The fourth-order valence-electron chi connectivity index (χ4n) is 3.86. The Balaban J connectivity index is 1.90. The highest BCUT2D eigenvalue weighted by Crippen LogP contribution is 2.39. The van der Waals surface area contributed by atoms with Gasteiger partial charge in [-0.25, -0.2) is 0 Å². The molecule has 0 bridgehead atoms. The van der Waals surface area contributed by atoms with Crippen LogP contribution in [0.25, 0.3) is 0 Å². The van der Waals surface area contributed by atoms with E-state index in [0.717, 1.165) is 49.1 Å². The van der Waals surface area contributed by atoms with Crippen LogP contribution in [0.5, 0.6) is 17.2 Å². The van der Waals surface area contributed by atoms with Crippen LogP contribution in [0.1, 0.15) is 42.5 Å². The fraction of sp³-hybridized carbons (Fsp3) is 0.458. The Kier molecular flexibility index (Phi) is 8.29. The van der Waals surface area contributed by atoms with Crippen LogP contribution in [-0.4, -0.2) is 43.9 Å². The van der Waals surface area contributed by atoms with Gasteiger partial charge in [0.25, 0.3) is 0 Å². The quantitative estimate of drug-likeness (QED) is 0.403. The normalized spacial score (nSPS) is 15.6. The molecule has 180 valence electrons. The van der Waals surface area contributed by atoms with E-state index in [0.29, 0.717) is 23.2 Å². The number of hydrogen-bond donors (Lipinski definition) is 1. The van der Waals surface area contributed by atoms with Crippen molar-refractivity contribution in [2.75, 3.05) is 33.9 Å². The Morgan fingerprint density at radius 1 is 1.15 bits per heavy atom. The van der Waals surface area contributed by atoms with Crippen molar-refractivity contribution in [3.63, 3.8) is 0 Å². The molecule has 0 fully saturated rings. The number of halogens is 3. The third-order valence-electron chi connectivity index (χ3n) is 5.64. The predicted molar refractivity (Wildman–Crippen MR) is 125 cm³/mol. The van der Waals surface area contributed by atoms with Crippen molar-refractivity contribution >= 4 is 17.3 Å². The summed E-state index contributed by atoms with van der Waals surface area (Å²) in [4.78, 5) is 2.03. The maximum absolute atomic E-state index is 13.1. The lowest BCUT2D eigenvalue weighted by Gasteiger charge is -2.39. The molecule has 0 aliphatic carbocycles. The molecule has 9 heteroatoms. The zero-order valence-corrected chi connectivity index (χ0v) is 19.8. The number of fused-ring (bicyclic) bond motifs is 1. The summed E-state index contributed by atoms with van der Waals surface area (Å²) in [5, 5.41) is 3.89. The number of nitrogens with one attached hydrogen (secondary N) is 1. The molecule has 1 N–H and O–H groups in total. The molecule has 0 amide bonds. The average Bonchev–Trinajstić information content (AvgIpc) is 2.81. The number of alkyl halides is 3. The maximum atomic E-state index is 13.1. The maximum Gasteiger partial charge on any atom is 0.416 e. The molecule has 3 rings (SSSR count). The van der Waals surface area contributed by atoms with Gasteiger partial charge in [-0.3, -0.25) is 0 Å². The van der Waals surface area contributed by atoms with Crippen molar-refractivity contribution in [3.05, 3.63) is 53.1 Å². The van der Waals surface area contributed by atoms with Gasteiger partial charge in [0.2, 0.25) is 0 Å². The van der Waals surface area contributed by atoms with Gasteiger partial charge in [-0.15, -0.1) is 0 Å². The van der Waals surface area contributed by atoms with Gasteiger partial charge in [0.05, 0.1) is 25.8 Å². The largest absolute Gasteiger partial charge is 0.493 e. The highest BCUT2D eigenvalue weighted by molar-refractivity contribution is 7.80. The van der Waals surface area contributed by atoms with Crippen molar-refractivity contribution in [2.45, 2.75) is 38.4 Å². The summed E-state index contributed by atoms with van der Waals surface area (Å²) in [5.74, 6) is 1.36. The molecule has 33 heavy (non-hydrogen) atoms. The van der Waals surface area contributed by atoms with E-state index in [1.807, 2.05) is 17.0 Å². The number of rotatable bonds is 8. The summed E-state index contributed by atoms with van der Waals surface area (Å²) in [6.45, 7) is 3.63. The fourth-order valence-corrected chi connectivity index (χ4v) is 4.18. The van der Waals surface area contributed by atoms with Crippen LogP contribution in [0.3, 0.4) is 0 Å². The van der Waals surface area contributed by atoms with E-state index in [9.17, 15) is 13.2 Å². The first-order valence-corrected chi connectivity index (χ1v) is 11.3. The van der Waals surface area contributed by atoms with Crippen LogP contribution in [0, 0.1) is 0 Å². The summed E-state index contributed by atoms with van der Waals surface area (Å²) in [7, 11) is 3.15. The Morgan fingerprint density at radius 2 is 1.88 bits per heavy atom. The number of thiocarbonyl (C=S) groups is 1. The Labute approximate surface area is 197 Å². The monoisotopic (exact) mass is 482 g/mol. The standard InChI is InChI=1S/C24H29F3N2O3S/c1-4-5-10-28-23(33)29-11-9-16-12-21(30-2)22(31-3)14-19(16)20(29)15-32-18-8-6-7-17(13-18)24(25,26)27/h6-8,12-14,20H,4-5,9-11,15H2,1-3H3,(H,28,33). The lowest BCUT2D eigenvalue weighted by Crippen LogP contribution is -2.47. The SMILES string of the molecule is CCCCNC(=S)N1CCc2cc(OC)c(OC)cc2C1COc1cccc(C(F)(F)F)c1. The van der Waals surface area contributed by atoms with Crippen molar-refractivity contribution in [3.8, 4) is 17.2 Å². The third kappa shape index (κ3) is 6.01. The third-order valence-corrected chi connectivity index (χ3v) is 6.02. The van der Waals surface area contributed by atoms with Gasteiger partial charge in [0, 0.05) is 13.1 Å². The predicted octanol–water partition coefficient (Wildman–Crippen LogP) is 5.38. The second-order valence-electron chi connectivity index (χ2n) is 7.79. The summed E-state index contributed by atoms with van der Waals surface area (Å²) in [6, 6.07) is 8.45. The average molecular weight is 483 g/mol. The molecule has 2 aromatic carbocycles. The summed E-state index contributed by atoms with van der Waals surface area (Å²) in [5.41, 5.74) is 1.27. The second-order valence-corrected chi connectivity index (χ2v) is 8.17. The summed E-state index contributed by atoms with van der Waals surface area (Å²) in [6.07, 6.45) is -1.67. The van der Waals surface area contributed by atoms with Crippen LogP contribution in [0.15, 0.2) is 36.4 Å². The van der Waals surface area contributed by atoms with Gasteiger partial charge in [0.1, 0.15) is 12.4 Å². The van der Waals surface area contributed by atoms with Gasteiger partial charge < -0.3 is 24.4 Å². The van der Waals surface area contributed by atoms with Crippen LogP contribution in [-0.2, 0) is 12.6 Å². The molecule has 2 aromatic rings. The van der Waals surface area contributed by atoms with Crippen LogP contribution >= 0.6 is 12.2 Å². The number of methoxy groups -OCH3 is 2. The van der Waals surface area contributed by atoms with E-state index < -0.39 is 11.7 Å². The zero-order chi connectivity index (χ0) is 24.0. The number of ether oxygens (including phenoxy) is 3. The minimum Gasteiger partial charge on any atom is -0.493 e. The van der Waals surface area contributed by atoms with Crippen molar-refractivity contribution in [1.82, 2.24) is 10.2 Å². The molecule has 1 aliphatic rings. The van der Waals surface area contributed by atoms with Gasteiger partial charge in [-0.05, 0) is 66.5 Å². The molecular formula is C24H29F3N2O3S. The second kappa shape index (κ2) is 11.0. The van der Waals surface area contributed by atoms with E-state index in [1.54, 1.807) is 14.2 Å². The number of nitrogens with zero attached hydrogens (tertiary/aromatic N) is 1. The molecule has 1 heterocycles. The Hall–Kier alpha value is -2.68. The van der Waals surface area contributed by atoms with Gasteiger partial charge in [0.15, 0.2) is 16.6 Å². The molecular weight excluding hydrogens is 453 g/mol. The molecule has 1 aliphatic heterocycles. The van der Waals surface area contributed by atoms with Crippen molar-refractivity contribution in [1.29, 1.82) is 0 Å². The van der Waals surface area contributed by atoms with Crippen LogP contribution in [0.4, 0.5) is 13.2 Å². The molecule has 0 radical (unpaired) electrons. The molecule has 0 saturated carbocycles. The van der Waals surface area contributed by atoms with Crippen molar-refractivity contribution < 1.29 is 27.4 Å². The highest BCUT2D eigenvalue weighted by Gasteiger charge is 2.33. The van der Waals surface area contributed by atoms with Gasteiger partial charge in [-0.1, -0.05) is 19.4 Å². The van der Waals surface area contributed by atoms with Gasteiger partial charge in [-0.2, -0.15) is 13.2 Å². The number of benzene rings is 2. The van der Waals surface area contributed by atoms with Crippen molar-refractivity contribution in [2.24, 2.45) is 0 Å². The molecule has 0 aromatic heterocycles. The van der Waals surface area contributed by atoms with E-state index >= 15 is 0 Å². The van der Waals surface area contributed by atoms with E-state index in [1.165, 1.54) is 12.1 Å². The molecule has 0 saturated heterocycles. The van der Waals surface area contributed by atoms with E-state index in [-0.39, 0.29) is 18.4 Å². The minimum absolute atomic E-state index is 0.124. The lowest BCUT2D eigenvalue weighted by atomic mass is 9.92. The van der Waals surface area contributed by atoms with Gasteiger partial charge >= 0.3 is 6.18 Å². The first kappa shape index (κ1) is 25.0. The number of hydrogen-bond acceptors (Lipinski definition) is 4. The molecule has 5 nitrogen and oxygen atoms in total. The smallest absolute Gasteiger partial charge is 0.416 e. The first-order valence-electron chi connectivity index (χ1n) is 10.9. The van der Waals surface area contributed by atoms with E-state index in [2.05, 4.69) is 12.2 Å². The first-order chi connectivity index (χ1) is 15.8. The minimum atomic E-state index is -4.43. The molecule has 1 unspecified atom stereocenters. The summed E-state index contributed by atoms with van der Waals surface area (Å²) >= 11 is 5.66. The van der Waals surface area contributed by atoms with Crippen LogP contribution < -0.4 is 19.5 Å². The summed E-state index contributed by atoms with van der Waals surface area (Å²) < 4.78 is 56.1. The Morgan fingerprint density at radius 3 is 2.55 bits per heavy atom. The highest BCUT2D eigenvalue weighted by atomic mass is 32.1.